The van der Waals surface area contributed by atoms with E-state index in [1.54, 1.807) is 6.92 Å². The Morgan fingerprint density at radius 2 is 1.56 bits per heavy atom. The van der Waals surface area contributed by atoms with E-state index >= 15 is 0 Å². The van der Waals surface area contributed by atoms with Crippen LogP contribution in [0.3, 0.4) is 0 Å². The number of unbranched alkanes of at least 4 members (excludes halogenated alkanes) is 1. The molecule has 0 heterocycles. The van der Waals surface area contributed by atoms with Crippen molar-refractivity contribution in [3.8, 4) is 28.0 Å². The summed E-state index contributed by atoms with van der Waals surface area (Å²) in [5, 5.41) is 19.8. The lowest BCUT2D eigenvalue weighted by molar-refractivity contribution is -0.0217. The van der Waals surface area contributed by atoms with Crippen molar-refractivity contribution in [3.63, 3.8) is 0 Å². The molecule has 0 amide bonds. The Kier molecular flexibility index (Phi) is 10.1. The van der Waals surface area contributed by atoms with Crippen LogP contribution in [-0.4, -0.2) is 22.6 Å². The van der Waals surface area contributed by atoms with Crippen LogP contribution < -0.4 is 4.74 Å². The molecular formula is C32H36O4. The molecule has 0 spiro atoms. The first kappa shape index (κ1) is 27.0. The Labute approximate surface area is 214 Å². The van der Waals surface area contributed by atoms with Gasteiger partial charge in [-0.05, 0) is 70.9 Å². The van der Waals surface area contributed by atoms with Crippen molar-refractivity contribution in [2.45, 2.75) is 51.9 Å². The summed E-state index contributed by atoms with van der Waals surface area (Å²) in [4.78, 5) is 0. The second-order valence-electron chi connectivity index (χ2n) is 8.93. The Hall–Kier alpha value is -3.60. The van der Waals surface area contributed by atoms with Crippen molar-refractivity contribution in [2.75, 3.05) is 0 Å². The average Bonchev–Trinajstić information content (AvgIpc) is 2.90. The summed E-state index contributed by atoms with van der Waals surface area (Å²) in [6, 6.07) is 22.9. The van der Waals surface area contributed by atoms with Gasteiger partial charge in [-0.3, -0.25) is 0 Å². The van der Waals surface area contributed by atoms with E-state index in [2.05, 4.69) is 68.6 Å². The molecule has 0 aliphatic carbocycles. The summed E-state index contributed by atoms with van der Waals surface area (Å²) in [7, 11) is 0. The van der Waals surface area contributed by atoms with Crippen molar-refractivity contribution in [3.05, 3.63) is 115 Å². The van der Waals surface area contributed by atoms with Crippen LogP contribution in [0.1, 0.15) is 37.8 Å². The molecule has 0 saturated heterocycles. The van der Waals surface area contributed by atoms with E-state index in [1.165, 1.54) is 42.6 Å². The zero-order chi connectivity index (χ0) is 25.9. The minimum atomic E-state index is -1.07. The number of ether oxygens (including phenoxy) is 2. The molecule has 0 aliphatic heterocycles. The van der Waals surface area contributed by atoms with Crippen LogP contribution in [0, 0.1) is 0 Å². The predicted octanol–water partition coefficient (Wildman–Crippen LogP) is 7.21. The van der Waals surface area contributed by atoms with Crippen LogP contribution in [0.25, 0.3) is 22.3 Å². The second-order valence-corrected chi connectivity index (χ2v) is 8.93. The Morgan fingerprint density at radius 3 is 2.17 bits per heavy atom. The third-order valence-electron chi connectivity index (χ3n) is 5.97. The Morgan fingerprint density at radius 1 is 0.917 bits per heavy atom. The molecule has 0 fully saturated rings. The van der Waals surface area contributed by atoms with Gasteiger partial charge in [0, 0.05) is 6.42 Å². The average molecular weight is 485 g/mol. The highest BCUT2D eigenvalue weighted by Crippen LogP contribution is 2.31. The summed E-state index contributed by atoms with van der Waals surface area (Å²) in [6.45, 7) is 11.2. The number of rotatable bonds is 13. The van der Waals surface area contributed by atoms with Crippen LogP contribution >= 0.6 is 0 Å². The number of aryl methyl sites for hydroxylation is 1. The molecule has 2 atom stereocenters. The van der Waals surface area contributed by atoms with Crippen LogP contribution in [0.5, 0.6) is 5.75 Å². The molecule has 188 valence electrons. The highest BCUT2D eigenvalue weighted by Gasteiger charge is 2.11. The maximum Gasteiger partial charge on any atom is 0.218 e. The van der Waals surface area contributed by atoms with E-state index in [0.29, 0.717) is 17.7 Å². The molecule has 0 bridgehead atoms. The molecular weight excluding hydrogens is 448 g/mol. The molecule has 2 N–H and O–H groups in total. The number of hydrogen-bond donors (Lipinski definition) is 2. The molecule has 0 saturated carbocycles. The number of aliphatic hydroxyl groups is 2. The third kappa shape index (κ3) is 7.70. The highest BCUT2D eigenvalue weighted by molar-refractivity contribution is 5.73. The summed E-state index contributed by atoms with van der Waals surface area (Å²) >= 11 is 0. The first-order valence-electron chi connectivity index (χ1n) is 12.3. The van der Waals surface area contributed by atoms with Gasteiger partial charge in [0.15, 0.2) is 0 Å². The van der Waals surface area contributed by atoms with Gasteiger partial charge in [0.1, 0.15) is 18.3 Å². The maximum absolute atomic E-state index is 10.2. The van der Waals surface area contributed by atoms with Gasteiger partial charge in [-0.1, -0.05) is 80.6 Å². The fourth-order valence-electron chi connectivity index (χ4n) is 3.80. The van der Waals surface area contributed by atoms with E-state index in [4.69, 9.17) is 9.47 Å². The number of benzene rings is 3. The minimum Gasteiger partial charge on any atom is -0.466 e. The number of aliphatic hydroxyl groups excluding tert-OH is 2. The smallest absolute Gasteiger partial charge is 0.218 e. The molecule has 3 aromatic carbocycles. The fraction of sp³-hybridized carbons (Fsp3) is 0.250. The SMILES string of the molecule is C=CC(O)Cc1ccc(O/C=C/OC(O)C(=C)C)cc1-c1ccc(-c2ccc(CCCC)cc2)cc1. The van der Waals surface area contributed by atoms with Gasteiger partial charge in [-0.25, -0.2) is 0 Å². The number of hydrogen-bond acceptors (Lipinski definition) is 4. The lowest BCUT2D eigenvalue weighted by atomic mass is 9.93. The van der Waals surface area contributed by atoms with Gasteiger partial charge in [-0.15, -0.1) is 6.58 Å². The van der Waals surface area contributed by atoms with Crippen LogP contribution in [0.4, 0.5) is 0 Å². The summed E-state index contributed by atoms with van der Waals surface area (Å²) in [5.41, 5.74) is 7.18. The molecule has 0 radical (unpaired) electrons. The largest absolute Gasteiger partial charge is 0.466 e. The van der Waals surface area contributed by atoms with Crippen molar-refractivity contribution < 1.29 is 19.7 Å². The molecule has 0 aromatic heterocycles. The molecule has 3 rings (SSSR count). The molecule has 3 aromatic rings. The second kappa shape index (κ2) is 13.5. The quantitative estimate of drug-likeness (QED) is 0.153. The molecule has 36 heavy (non-hydrogen) atoms. The van der Waals surface area contributed by atoms with Crippen LogP contribution in [0.2, 0.25) is 0 Å². The first-order chi connectivity index (χ1) is 17.4. The van der Waals surface area contributed by atoms with Crippen LogP contribution in [0.15, 0.2) is 104 Å². The van der Waals surface area contributed by atoms with Crippen LogP contribution in [-0.2, 0) is 17.6 Å². The van der Waals surface area contributed by atoms with Crippen molar-refractivity contribution in [1.82, 2.24) is 0 Å². The predicted molar refractivity (Wildman–Crippen MR) is 148 cm³/mol. The monoisotopic (exact) mass is 484 g/mol. The summed E-state index contributed by atoms with van der Waals surface area (Å²) in [5.74, 6) is 0.609. The van der Waals surface area contributed by atoms with E-state index in [-0.39, 0.29) is 0 Å². The zero-order valence-electron chi connectivity index (χ0n) is 21.2. The Balaban J connectivity index is 1.82. The minimum absolute atomic E-state index is 0.448. The van der Waals surface area contributed by atoms with Gasteiger partial charge in [0.2, 0.25) is 6.29 Å². The van der Waals surface area contributed by atoms with E-state index in [0.717, 1.165) is 28.7 Å². The Bertz CT molecular complexity index is 1160. The maximum atomic E-state index is 10.2. The van der Waals surface area contributed by atoms with Gasteiger partial charge in [-0.2, -0.15) is 0 Å². The lowest BCUT2D eigenvalue weighted by Gasteiger charge is -2.14. The molecule has 4 nitrogen and oxygen atoms in total. The van der Waals surface area contributed by atoms with E-state index in [1.807, 2.05) is 18.2 Å². The lowest BCUT2D eigenvalue weighted by Crippen LogP contribution is -2.08. The van der Waals surface area contributed by atoms with E-state index < -0.39 is 12.4 Å². The highest BCUT2D eigenvalue weighted by atomic mass is 16.6. The van der Waals surface area contributed by atoms with Crippen molar-refractivity contribution in [1.29, 1.82) is 0 Å². The van der Waals surface area contributed by atoms with E-state index in [9.17, 15) is 10.2 Å². The zero-order valence-corrected chi connectivity index (χ0v) is 21.2. The van der Waals surface area contributed by atoms with Gasteiger partial charge in [0.05, 0.1) is 6.10 Å². The summed E-state index contributed by atoms with van der Waals surface area (Å²) in [6.07, 6.45) is 6.45. The molecule has 0 aliphatic rings. The van der Waals surface area contributed by atoms with Crippen molar-refractivity contribution >= 4 is 0 Å². The molecule has 4 heteroatoms. The summed E-state index contributed by atoms with van der Waals surface area (Å²) < 4.78 is 10.8. The van der Waals surface area contributed by atoms with Gasteiger partial charge in [0.25, 0.3) is 0 Å². The third-order valence-corrected chi connectivity index (χ3v) is 5.97. The van der Waals surface area contributed by atoms with Gasteiger partial charge < -0.3 is 19.7 Å². The van der Waals surface area contributed by atoms with Gasteiger partial charge >= 0.3 is 0 Å². The fourth-order valence-corrected chi connectivity index (χ4v) is 3.80. The topological polar surface area (TPSA) is 58.9 Å². The molecule has 2 unspecified atom stereocenters. The normalized spacial score (nSPS) is 12.8. The van der Waals surface area contributed by atoms with Crippen molar-refractivity contribution in [2.24, 2.45) is 0 Å². The standard InChI is InChI=1S/C32H36O4/c1-5-7-8-24-9-11-25(12-10-24)26-13-15-27(16-14-26)31-22-30(18-17-28(31)21-29(33)6-2)35-19-20-36-32(34)23(3)4/h6,9-20,22,29,32-34H,2-3,5,7-8,21H2,1,4H3/b20-19+. The first-order valence-corrected chi connectivity index (χ1v) is 12.3.